The summed E-state index contributed by atoms with van der Waals surface area (Å²) in [5.74, 6) is 0.776. The SMILES string of the molecule is CCc1c(F)ccc2cc(O)cc(N3CCc4c(nc(OC[C@@]56CCCN5C[C@H](F)C6)nc4N4CCn5cncc5C4)C3)c12. The molecule has 44 heavy (non-hydrogen) atoms. The summed E-state index contributed by atoms with van der Waals surface area (Å²) in [4.78, 5) is 21.0. The molecule has 2 aromatic heterocycles. The normalized spacial score (nSPS) is 23.2. The number of phenolic OH excluding ortho intramolecular Hbond substituents is 1. The zero-order valence-corrected chi connectivity index (χ0v) is 25.0. The summed E-state index contributed by atoms with van der Waals surface area (Å²) in [6.45, 7) is 7.10. The van der Waals surface area contributed by atoms with E-state index in [1.165, 1.54) is 6.07 Å². The van der Waals surface area contributed by atoms with Crippen molar-refractivity contribution in [2.45, 2.75) is 70.4 Å². The summed E-state index contributed by atoms with van der Waals surface area (Å²) >= 11 is 0. The lowest BCUT2D eigenvalue weighted by Crippen LogP contribution is -2.43. The Morgan fingerprint density at radius 2 is 2.00 bits per heavy atom. The Morgan fingerprint density at radius 3 is 2.89 bits per heavy atom. The van der Waals surface area contributed by atoms with E-state index in [0.29, 0.717) is 63.6 Å². The highest BCUT2D eigenvalue weighted by Crippen LogP contribution is 2.42. The maximum Gasteiger partial charge on any atom is 0.318 e. The lowest BCUT2D eigenvalue weighted by Gasteiger charge is -2.36. The van der Waals surface area contributed by atoms with Gasteiger partial charge in [0.25, 0.3) is 0 Å². The predicted molar refractivity (Wildman–Crippen MR) is 164 cm³/mol. The van der Waals surface area contributed by atoms with E-state index in [-0.39, 0.29) is 17.1 Å². The number of phenols is 1. The number of benzene rings is 2. The lowest BCUT2D eigenvalue weighted by molar-refractivity contribution is 0.107. The highest BCUT2D eigenvalue weighted by molar-refractivity contribution is 5.98. The van der Waals surface area contributed by atoms with Crippen molar-refractivity contribution in [3.05, 3.63) is 65.1 Å². The zero-order valence-electron chi connectivity index (χ0n) is 25.0. The fraction of sp³-hybridized carbons (Fsp3) is 0.485. The Kier molecular flexibility index (Phi) is 6.62. The van der Waals surface area contributed by atoms with Crippen LogP contribution in [0.5, 0.6) is 11.8 Å². The van der Waals surface area contributed by atoms with Crippen molar-refractivity contribution in [2.75, 3.05) is 42.6 Å². The number of hydrogen-bond donors (Lipinski definition) is 1. The Balaban J connectivity index is 1.17. The third-order valence-electron chi connectivity index (χ3n) is 10.1. The molecule has 0 saturated carbocycles. The lowest BCUT2D eigenvalue weighted by atomic mass is 9.95. The van der Waals surface area contributed by atoms with Crippen molar-refractivity contribution in [3.63, 3.8) is 0 Å². The van der Waals surface area contributed by atoms with Gasteiger partial charge in [0.2, 0.25) is 0 Å². The molecule has 0 amide bonds. The van der Waals surface area contributed by atoms with Gasteiger partial charge in [0.05, 0.1) is 36.3 Å². The van der Waals surface area contributed by atoms with Crippen molar-refractivity contribution in [2.24, 2.45) is 0 Å². The molecule has 0 bridgehead atoms. The van der Waals surface area contributed by atoms with Crippen LogP contribution in [0.15, 0.2) is 36.8 Å². The zero-order chi connectivity index (χ0) is 30.0. The number of halogens is 2. The van der Waals surface area contributed by atoms with Gasteiger partial charge in [-0.1, -0.05) is 13.0 Å². The average molecular weight is 602 g/mol. The maximum absolute atomic E-state index is 15.0. The number of aromatic hydroxyl groups is 1. The number of rotatable bonds is 6. The molecule has 0 radical (unpaired) electrons. The third-order valence-corrected chi connectivity index (χ3v) is 10.1. The minimum absolute atomic E-state index is 0.146. The second kappa shape index (κ2) is 10.6. The minimum Gasteiger partial charge on any atom is -0.508 e. The standard InChI is InChI=1S/C33H37F2N7O2/c1-2-25-27(35)5-4-21-12-24(43)13-29(30(21)25)39-9-6-26-28(18-39)37-32(44-19-33-7-3-8-42(33)16-22(34)14-33)38-31(26)40-10-11-41-20-36-15-23(41)17-40/h4-5,12-13,15,20,22,43H,2-3,6-11,14,16-19H2,1H3/t22-,33+/m1/s1. The van der Waals surface area contributed by atoms with Gasteiger partial charge < -0.3 is 24.2 Å². The van der Waals surface area contributed by atoms with E-state index in [1.807, 2.05) is 19.4 Å². The Morgan fingerprint density at radius 1 is 1.09 bits per heavy atom. The van der Waals surface area contributed by atoms with Gasteiger partial charge in [0, 0.05) is 61.5 Å². The smallest absolute Gasteiger partial charge is 0.318 e. The van der Waals surface area contributed by atoms with Gasteiger partial charge in [-0.3, -0.25) is 4.90 Å². The summed E-state index contributed by atoms with van der Waals surface area (Å²) in [5.41, 5.74) is 4.21. The molecule has 2 saturated heterocycles. The molecule has 2 aromatic carbocycles. The van der Waals surface area contributed by atoms with Gasteiger partial charge >= 0.3 is 6.01 Å². The second-order valence-corrected chi connectivity index (χ2v) is 12.7. The van der Waals surface area contributed by atoms with Gasteiger partial charge in [-0.2, -0.15) is 9.97 Å². The molecular weight excluding hydrogens is 564 g/mol. The molecule has 2 fully saturated rings. The maximum atomic E-state index is 15.0. The van der Waals surface area contributed by atoms with Crippen molar-refractivity contribution in [1.82, 2.24) is 24.4 Å². The molecule has 9 nitrogen and oxygen atoms in total. The van der Waals surface area contributed by atoms with Crippen LogP contribution in [0.25, 0.3) is 10.8 Å². The average Bonchev–Trinajstić information content (AvgIpc) is 3.73. The molecular formula is C33H37F2N7O2. The van der Waals surface area contributed by atoms with E-state index in [2.05, 4.69) is 24.3 Å². The van der Waals surface area contributed by atoms with Gasteiger partial charge in [0.15, 0.2) is 0 Å². The predicted octanol–water partition coefficient (Wildman–Crippen LogP) is 4.77. The summed E-state index contributed by atoms with van der Waals surface area (Å²) in [5, 5.41) is 12.3. The van der Waals surface area contributed by atoms with Crippen molar-refractivity contribution >= 4 is 22.3 Å². The molecule has 230 valence electrons. The summed E-state index contributed by atoms with van der Waals surface area (Å²) in [6, 6.07) is 6.95. The molecule has 2 atom stereocenters. The molecule has 0 aliphatic carbocycles. The van der Waals surface area contributed by atoms with E-state index in [1.54, 1.807) is 18.2 Å². The van der Waals surface area contributed by atoms with Crippen LogP contribution in [0.1, 0.15) is 48.7 Å². The van der Waals surface area contributed by atoms with E-state index >= 15 is 0 Å². The van der Waals surface area contributed by atoms with Crippen molar-refractivity contribution in [3.8, 4) is 11.8 Å². The fourth-order valence-electron chi connectivity index (χ4n) is 8.00. The molecule has 1 N–H and O–H groups in total. The summed E-state index contributed by atoms with van der Waals surface area (Å²) in [7, 11) is 0. The van der Waals surface area contributed by atoms with E-state index < -0.39 is 6.17 Å². The van der Waals surface area contributed by atoms with Crippen LogP contribution in [0.2, 0.25) is 0 Å². The van der Waals surface area contributed by atoms with Gasteiger partial charge in [-0.15, -0.1) is 0 Å². The number of alkyl halides is 1. The first kappa shape index (κ1) is 27.6. The minimum atomic E-state index is -0.833. The van der Waals surface area contributed by atoms with Crippen LogP contribution in [-0.4, -0.2) is 74.0 Å². The van der Waals surface area contributed by atoms with E-state index in [4.69, 9.17) is 14.7 Å². The first-order valence-electron chi connectivity index (χ1n) is 15.8. The molecule has 4 aliphatic rings. The van der Waals surface area contributed by atoms with Crippen LogP contribution in [0.4, 0.5) is 20.3 Å². The highest BCUT2D eigenvalue weighted by atomic mass is 19.1. The van der Waals surface area contributed by atoms with E-state index in [9.17, 15) is 13.9 Å². The number of aromatic nitrogens is 4. The Bertz CT molecular complexity index is 1750. The first-order valence-corrected chi connectivity index (χ1v) is 15.8. The third kappa shape index (κ3) is 4.55. The van der Waals surface area contributed by atoms with Gasteiger partial charge in [0.1, 0.15) is 30.2 Å². The number of nitrogens with zero attached hydrogens (tertiary/aromatic N) is 7. The number of ether oxygens (including phenoxy) is 1. The molecule has 6 heterocycles. The van der Waals surface area contributed by atoms with Gasteiger partial charge in [-0.25, -0.2) is 13.8 Å². The quantitative estimate of drug-likeness (QED) is 0.339. The molecule has 4 aromatic rings. The number of hydrogen-bond acceptors (Lipinski definition) is 8. The van der Waals surface area contributed by atoms with Crippen LogP contribution in [-0.2, 0) is 32.5 Å². The van der Waals surface area contributed by atoms with Crippen molar-refractivity contribution < 1.29 is 18.6 Å². The number of fused-ring (bicyclic) bond motifs is 4. The largest absolute Gasteiger partial charge is 0.508 e. The van der Waals surface area contributed by atoms with Crippen LogP contribution >= 0.6 is 0 Å². The van der Waals surface area contributed by atoms with Crippen LogP contribution in [0, 0.1) is 5.82 Å². The molecule has 11 heteroatoms. The van der Waals surface area contributed by atoms with Crippen molar-refractivity contribution in [1.29, 1.82) is 0 Å². The summed E-state index contributed by atoms with van der Waals surface area (Å²) in [6.07, 6.45) is 6.61. The Labute approximate surface area is 255 Å². The fourth-order valence-corrected chi connectivity index (χ4v) is 8.00. The number of imidazole rings is 1. The molecule has 0 unspecified atom stereocenters. The Hall–Kier alpha value is -3.99. The van der Waals surface area contributed by atoms with E-state index in [0.717, 1.165) is 71.7 Å². The second-order valence-electron chi connectivity index (χ2n) is 12.7. The molecule has 0 spiro atoms. The highest BCUT2D eigenvalue weighted by Gasteiger charge is 2.49. The summed E-state index contributed by atoms with van der Waals surface area (Å²) < 4.78 is 38.0. The van der Waals surface area contributed by atoms with Crippen LogP contribution < -0.4 is 14.5 Å². The molecule has 4 aliphatic heterocycles. The van der Waals surface area contributed by atoms with Gasteiger partial charge in [-0.05, 0) is 55.3 Å². The topological polar surface area (TPSA) is 82.8 Å². The number of anilines is 2. The first-order chi connectivity index (χ1) is 21.4. The number of aryl methyl sites for hydroxylation is 1. The monoisotopic (exact) mass is 601 g/mol. The molecule has 8 rings (SSSR count). The van der Waals surface area contributed by atoms with Crippen LogP contribution in [0.3, 0.4) is 0 Å².